The number of likely N-dealkylation sites (N-methyl/N-ethyl adjacent to an activating group) is 1. The molecule has 0 saturated heterocycles. The first-order valence-electron chi connectivity index (χ1n) is 5.87. The van der Waals surface area contributed by atoms with Gasteiger partial charge >= 0.3 is 0 Å². The van der Waals surface area contributed by atoms with E-state index in [4.69, 9.17) is 0 Å². The summed E-state index contributed by atoms with van der Waals surface area (Å²) in [5.41, 5.74) is 0. The fourth-order valence-corrected chi connectivity index (χ4v) is 2.83. The van der Waals surface area contributed by atoms with Crippen LogP contribution in [0, 0.1) is 0 Å². The molecular weight excluding hydrogens is 286 g/mol. The molecule has 7 nitrogen and oxygen atoms in total. The minimum atomic E-state index is -0.217. The molecule has 104 valence electrons. The van der Waals surface area contributed by atoms with Crippen molar-refractivity contribution in [1.82, 2.24) is 20.8 Å². The normalized spacial score (nSPS) is 13.9. The molecule has 1 heterocycles. The van der Waals surface area contributed by atoms with E-state index in [0.717, 1.165) is 9.47 Å². The van der Waals surface area contributed by atoms with E-state index in [-0.39, 0.29) is 24.1 Å². The maximum absolute atomic E-state index is 11.5. The van der Waals surface area contributed by atoms with E-state index in [2.05, 4.69) is 26.1 Å². The van der Waals surface area contributed by atoms with Crippen molar-refractivity contribution in [2.24, 2.45) is 0 Å². The van der Waals surface area contributed by atoms with E-state index in [1.54, 1.807) is 0 Å². The lowest BCUT2D eigenvalue weighted by atomic mass is 10.5. The molecule has 1 saturated carbocycles. The van der Waals surface area contributed by atoms with Crippen LogP contribution in [0.3, 0.4) is 0 Å². The summed E-state index contributed by atoms with van der Waals surface area (Å²) in [6.07, 6.45) is 2.37. The Kier molecular flexibility index (Phi) is 4.97. The van der Waals surface area contributed by atoms with E-state index in [1.165, 1.54) is 43.0 Å². The first-order valence-corrected chi connectivity index (χ1v) is 7.67. The summed E-state index contributed by atoms with van der Waals surface area (Å²) in [4.78, 5) is 22.4. The van der Waals surface area contributed by atoms with Crippen LogP contribution in [-0.4, -0.2) is 47.4 Å². The molecule has 1 aliphatic rings. The van der Waals surface area contributed by atoms with Gasteiger partial charge in [-0.25, -0.2) is 0 Å². The van der Waals surface area contributed by atoms with Crippen LogP contribution in [0.15, 0.2) is 4.34 Å². The summed E-state index contributed by atoms with van der Waals surface area (Å²) >= 11 is 2.76. The van der Waals surface area contributed by atoms with Gasteiger partial charge < -0.3 is 16.0 Å². The molecule has 0 bridgehead atoms. The molecule has 0 spiro atoms. The van der Waals surface area contributed by atoms with Crippen LogP contribution in [-0.2, 0) is 9.59 Å². The number of aromatic nitrogens is 2. The molecule has 1 fully saturated rings. The molecular formula is C10H15N5O2S2. The van der Waals surface area contributed by atoms with Gasteiger partial charge in [0.05, 0.1) is 12.3 Å². The molecule has 2 rings (SSSR count). The van der Waals surface area contributed by atoms with Crippen LogP contribution < -0.4 is 16.0 Å². The summed E-state index contributed by atoms with van der Waals surface area (Å²) in [5.74, 6) is -0.180. The molecule has 3 N–H and O–H groups in total. The lowest BCUT2D eigenvalue weighted by molar-refractivity contribution is -0.124. The van der Waals surface area contributed by atoms with E-state index in [0.29, 0.717) is 6.04 Å². The molecule has 0 radical (unpaired) electrons. The molecule has 0 atom stereocenters. The Bertz CT molecular complexity index is 461. The summed E-state index contributed by atoms with van der Waals surface area (Å²) in [7, 11) is 1.53. The molecule has 1 aliphatic carbocycles. The van der Waals surface area contributed by atoms with Crippen molar-refractivity contribution in [2.45, 2.75) is 23.2 Å². The Balaban J connectivity index is 1.67. The van der Waals surface area contributed by atoms with Gasteiger partial charge in [-0.05, 0) is 12.8 Å². The highest BCUT2D eigenvalue weighted by atomic mass is 32.2. The zero-order chi connectivity index (χ0) is 13.7. The van der Waals surface area contributed by atoms with Crippen molar-refractivity contribution >= 4 is 40.0 Å². The first-order chi connectivity index (χ1) is 9.17. The average molecular weight is 301 g/mol. The quantitative estimate of drug-likeness (QED) is 0.617. The van der Waals surface area contributed by atoms with Gasteiger partial charge in [-0.1, -0.05) is 23.1 Å². The van der Waals surface area contributed by atoms with Gasteiger partial charge in [0.15, 0.2) is 4.34 Å². The zero-order valence-corrected chi connectivity index (χ0v) is 12.1. The van der Waals surface area contributed by atoms with Crippen LogP contribution in [0.25, 0.3) is 0 Å². The Morgan fingerprint density at radius 1 is 1.37 bits per heavy atom. The predicted octanol–water partition coefficient (Wildman–Crippen LogP) is 0.0667. The van der Waals surface area contributed by atoms with Crippen LogP contribution in [0.2, 0.25) is 0 Å². The van der Waals surface area contributed by atoms with Gasteiger partial charge in [-0.3, -0.25) is 9.59 Å². The molecule has 1 aromatic heterocycles. The van der Waals surface area contributed by atoms with E-state index < -0.39 is 0 Å². The summed E-state index contributed by atoms with van der Waals surface area (Å²) < 4.78 is 0.748. The van der Waals surface area contributed by atoms with E-state index in [9.17, 15) is 9.59 Å². The van der Waals surface area contributed by atoms with Crippen molar-refractivity contribution in [2.75, 3.05) is 24.7 Å². The lowest BCUT2D eigenvalue weighted by Gasteiger charge is -2.02. The number of nitrogens with zero attached hydrogens (tertiary/aromatic N) is 2. The van der Waals surface area contributed by atoms with Crippen molar-refractivity contribution in [3.63, 3.8) is 0 Å². The zero-order valence-electron chi connectivity index (χ0n) is 10.4. The van der Waals surface area contributed by atoms with Crippen LogP contribution in [0.1, 0.15) is 12.8 Å². The topological polar surface area (TPSA) is 96.0 Å². The maximum atomic E-state index is 11.5. The second kappa shape index (κ2) is 6.71. The third kappa shape index (κ3) is 5.03. The molecule has 9 heteroatoms. The number of carbonyl (C=O) groups is 2. The fraction of sp³-hybridized carbons (Fsp3) is 0.600. The predicted molar refractivity (Wildman–Crippen MR) is 74.4 cm³/mol. The minimum absolute atomic E-state index is 0.000494. The summed E-state index contributed by atoms with van der Waals surface area (Å²) in [6, 6.07) is 0.543. The molecule has 2 amide bonds. The summed E-state index contributed by atoms with van der Waals surface area (Å²) in [5, 5.41) is 17.0. The van der Waals surface area contributed by atoms with Crippen molar-refractivity contribution in [3.05, 3.63) is 0 Å². The van der Waals surface area contributed by atoms with Crippen LogP contribution in [0.5, 0.6) is 0 Å². The molecule has 0 unspecified atom stereocenters. The van der Waals surface area contributed by atoms with Gasteiger partial charge in [-0.2, -0.15) is 0 Å². The third-order valence-electron chi connectivity index (χ3n) is 2.36. The number of amides is 2. The number of carbonyl (C=O) groups excluding carboxylic acids is 2. The largest absolute Gasteiger partial charge is 0.358 e. The monoisotopic (exact) mass is 301 g/mol. The van der Waals surface area contributed by atoms with Crippen LogP contribution in [0.4, 0.5) is 5.13 Å². The van der Waals surface area contributed by atoms with Crippen molar-refractivity contribution in [3.8, 4) is 0 Å². The third-order valence-corrected chi connectivity index (χ3v) is 4.35. The van der Waals surface area contributed by atoms with Gasteiger partial charge in [0.1, 0.15) is 0 Å². The van der Waals surface area contributed by atoms with Gasteiger partial charge in [0.2, 0.25) is 16.9 Å². The smallest absolute Gasteiger partial charge is 0.239 e. The standard InChI is InChI=1S/C10H15N5O2S2/c1-11-7(16)4-12-8(17)5-18-10-15-14-9(19-10)13-6-2-3-6/h6H,2-5H2,1H3,(H,11,16)(H,12,17)(H,13,14). The number of nitrogens with one attached hydrogen (secondary N) is 3. The SMILES string of the molecule is CNC(=O)CNC(=O)CSc1nnc(NC2CC2)s1. The molecule has 0 aromatic carbocycles. The second-order valence-corrected chi connectivity index (χ2v) is 6.23. The Hall–Kier alpha value is -1.35. The second-order valence-electron chi connectivity index (χ2n) is 4.03. The van der Waals surface area contributed by atoms with E-state index in [1.807, 2.05) is 0 Å². The Labute approximate surface area is 118 Å². The maximum Gasteiger partial charge on any atom is 0.239 e. The number of rotatable bonds is 7. The number of hydrogen-bond donors (Lipinski definition) is 3. The molecule has 1 aromatic rings. The van der Waals surface area contributed by atoms with E-state index >= 15 is 0 Å². The van der Waals surface area contributed by atoms with Gasteiger partial charge in [0, 0.05) is 13.1 Å². The van der Waals surface area contributed by atoms with Crippen molar-refractivity contribution < 1.29 is 9.59 Å². The Morgan fingerprint density at radius 3 is 2.84 bits per heavy atom. The minimum Gasteiger partial charge on any atom is -0.358 e. The molecule has 19 heavy (non-hydrogen) atoms. The number of thioether (sulfide) groups is 1. The lowest BCUT2D eigenvalue weighted by Crippen LogP contribution is -2.35. The molecule has 0 aliphatic heterocycles. The highest BCUT2D eigenvalue weighted by Crippen LogP contribution is 2.29. The fourth-order valence-electron chi connectivity index (χ4n) is 1.17. The Morgan fingerprint density at radius 2 is 2.16 bits per heavy atom. The van der Waals surface area contributed by atoms with Gasteiger partial charge in [0.25, 0.3) is 0 Å². The van der Waals surface area contributed by atoms with Gasteiger partial charge in [-0.15, -0.1) is 10.2 Å². The number of anilines is 1. The highest BCUT2D eigenvalue weighted by molar-refractivity contribution is 8.01. The van der Waals surface area contributed by atoms with Crippen LogP contribution >= 0.6 is 23.1 Å². The highest BCUT2D eigenvalue weighted by Gasteiger charge is 2.22. The first kappa shape index (κ1) is 14.1. The summed E-state index contributed by atoms with van der Waals surface area (Å²) in [6.45, 7) is 0.000494. The average Bonchev–Trinajstić information content (AvgIpc) is 3.11. The van der Waals surface area contributed by atoms with Crippen molar-refractivity contribution in [1.29, 1.82) is 0 Å². The number of hydrogen-bond acceptors (Lipinski definition) is 7.